The molecule has 0 radical (unpaired) electrons. The molecule has 1 atom stereocenters. The predicted octanol–water partition coefficient (Wildman–Crippen LogP) is 2.01. The Balaban J connectivity index is 0. The van der Waals surface area contributed by atoms with Crippen molar-refractivity contribution in [1.29, 1.82) is 0 Å². The summed E-state index contributed by atoms with van der Waals surface area (Å²) in [6, 6.07) is 0.255. The van der Waals surface area contributed by atoms with Crippen LogP contribution in [0.5, 0.6) is 0 Å². The number of hydrogen-bond acceptors (Lipinski definition) is 3. The molecule has 0 spiro atoms. The molecule has 0 rings (SSSR count). The lowest BCUT2D eigenvalue weighted by Crippen LogP contribution is -2.44. The Morgan fingerprint density at radius 1 is 1.21 bits per heavy atom. The van der Waals surface area contributed by atoms with Crippen molar-refractivity contribution in [2.45, 2.75) is 39.2 Å². The van der Waals surface area contributed by atoms with Crippen molar-refractivity contribution in [3.05, 3.63) is 0 Å². The van der Waals surface area contributed by atoms with E-state index in [1.165, 1.54) is 6.42 Å². The number of guanidine groups is 1. The first-order valence-electron chi connectivity index (χ1n) is 6.77. The first kappa shape index (κ1) is 21.2. The number of halogens is 1. The molecule has 2 N–H and O–H groups in total. The van der Waals surface area contributed by atoms with E-state index < -0.39 is 0 Å². The van der Waals surface area contributed by atoms with E-state index in [-0.39, 0.29) is 30.0 Å². The smallest absolute Gasteiger partial charge is 0.191 e. The maximum Gasteiger partial charge on any atom is 0.191 e. The second-order valence-corrected chi connectivity index (χ2v) is 4.36. The molecule has 19 heavy (non-hydrogen) atoms. The Labute approximate surface area is 134 Å². The third kappa shape index (κ3) is 14.1. The Morgan fingerprint density at radius 2 is 1.95 bits per heavy atom. The molecule has 0 aliphatic heterocycles. The molecule has 5 nitrogen and oxygen atoms in total. The summed E-state index contributed by atoms with van der Waals surface area (Å²) < 4.78 is 10.1. The highest BCUT2D eigenvalue weighted by Crippen LogP contribution is 1.88. The highest BCUT2D eigenvalue weighted by Gasteiger charge is 2.04. The third-order valence-corrected chi connectivity index (χ3v) is 2.40. The van der Waals surface area contributed by atoms with Crippen molar-refractivity contribution < 1.29 is 9.47 Å². The molecule has 0 fully saturated rings. The Hall–Kier alpha value is -0.0800. The summed E-state index contributed by atoms with van der Waals surface area (Å²) in [5.74, 6) is 0.865. The lowest BCUT2D eigenvalue weighted by Gasteiger charge is -2.17. The summed E-state index contributed by atoms with van der Waals surface area (Å²) >= 11 is 0. The minimum atomic E-state index is 0. The minimum Gasteiger partial charge on any atom is -0.385 e. The summed E-state index contributed by atoms with van der Waals surface area (Å²) in [5, 5.41) is 6.66. The van der Waals surface area contributed by atoms with E-state index in [0.717, 1.165) is 38.5 Å². The highest BCUT2D eigenvalue weighted by atomic mass is 127. The molecule has 0 aliphatic rings. The van der Waals surface area contributed by atoms with Gasteiger partial charge in [0.1, 0.15) is 0 Å². The van der Waals surface area contributed by atoms with Gasteiger partial charge in [0, 0.05) is 40.0 Å². The minimum absolute atomic E-state index is 0. The van der Waals surface area contributed by atoms with Crippen molar-refractivity contribution in [3.8, 4) is 0 Å². The van der Waals surface area contributed by atoms with Crippen LogP contribution in [0, 0.1) is 0 Å². The first-order valence-corrected chi connectivity index (χ1v) is 6.77. The van der Waals surface area contributed by atoms with Crippen LogP contribution < -0.4 is 10.6 Å². The number of ether oxygens (including phenoxy) is 2. The summed E-state index contributed by atoms with van der Waals surface area (Å²) in [6.07, 6.45) is 3.27. The van der Waals surface area contributed by atoms with Crippen LogP contribution in [0.3, 0.4) is 0 Å². The van der Waals surface area contributed by atoms with Crippen LogP contribution in [-0.2, 0) is 9.47 Å². The summed E-state index contributed by atoms with van der Waals surface area (Å²) in [7, 11) is 3.42. The number of rotatable bonds is 10. The zero-order valence-corrected chi connectivity index (χ0v) is 15.0. The fourth-order valence-corrected chi connectivity index (χ4v) is 1.46. The monoisotopic (exact) mass is 387 g/mol. The van der Waals surface area contributed by atoms with Gasteiger partial charge in [0.2, 0.25) is 0 Å². The molecule has 0 aromatic rings. The molecule has 0 bridgehead atoms. The largest absolute Gasteiger partial charge is 0.385 e. The number of aliphatic imine (C=N–C) groups is 1. The second kappa shape index (κ2) is 16.0. The third-order valence-electron chi connectivity index (χ3n) is 2.40. The van der Waals surface area contributed by atoms with E-state index in [0.29, 0.717) is 6.61 Å². The molecule has 0 saturated heterocycles. The van der Waals surface area contributed by atoms with E-state index in [1.54, 1.807) is 14.2 Å². The van der Waals surface area contributed by atoms with Gasteiger partial charge in [-0.3, -0.25) is 4.99 Å². The van der Waals surface area contributed by atoms with Crippen LogP contribution in [-0.4, -0.2) is 52.5 Å². The van der Waals surface area contributed by atoms with Gasteiger partial charge in [0.05, 0.1) is 6.61 Å². The molecule has 1 unspecified atom stereocenters. The Kier molecular flexibility index (Phi) is 17.8. The molecule has 0 amide bonds. The standard InChI is InChI=1S/C13H29N3O2.HI/c1-5-6-8-14-13(15-9-7-10-17-3)16-12(2)11-18-4;/h12H,5-11H2,1-4H3,(H2,14,15,16);1H. The van der Waals surface area contributed by atoms with E-state index in [1.807, 2.05) is 0 Å². The van der Waals surface area contributed by atoms with Gasteiger partial charge in [-0.05, 0) is 19.8 Å². The molecule has 0 heterocycles. The molecule has 0 aliphatic carbocycles. The van der Waals surface area contributed by atoms with Crippen LogP contribution in [0.2, 0.25) is 0 Å². The molecular weight excluding hydrogens is 357 g/mol. The van der Waals surface area contributed by atoms with Gasteiger partial charge >= 0.3 is 0 Å². The van der Waals surface area contributed by atoms with E-state index in [4.69, 9.17) is 9.47 Å². The highest BCUT2D eigenvalue weighted by molar-refractivity contribution is 14.0. The zero-order valence-electron chi connectivity index (χ0n) is 12.7. The lowest BCUT2D eigenvalue weighted by molar-refractivity contribution is 0.179. The van der Waals surface area contributed by atoms with Crippen LogP contribution in [0.1, 0.15) is 33.1 Å². The van der Waals surface area contributed by atoms with Crippen LogP contribution in [0.15, 0.2) is 4.99 Å². The molecule has 0 saturated carbocycles. The number of nitrogens with zero attached hydrogens (tertiary/aromatic N) is 1. The molecule has 0 aromatic heterocycles. The maximum absolute atomic E-state index is 5.11. The summed E-state index contributed by atoms with van der Waals surface area (Å²) in [5.41, 5.74) is 0. The summed E-state index contributed by atoms with van der Waals surface area (Å²) in [6.45, 7) is 7.40. The van der Waals surface area contributed by atoms with Gasteiger partial charge in [0.15, 0.2) is 5.96 Å². The number of nitrogens with one attached hydrogen (secondary N) is 2. The van der Waals surface area contributed by atoms with Crippen LogP contribution >= 0.6 is 24.0 Å². The second-order valence-electron chi connectivity index (χ2n) is 4.36. The average molecular weight is 387 g/mol. The van der Waals surface area contributed by atoms with Crippen LogP contribution in [0.4, 0.5) is 0 Å². The summed E-state index contributed by atoms with van der Waals surface area (Å²) in [4.78, 5) is 4.51. The fraction of sp³-hybridized carbons (Fsp3) is 0.923. The van der Waals surface area contributed by atoms with Crippen molar-refractivity contribution in [3.63, 3.8) is 0 Å². The van der Waals surface area contributed by atoms with Crippen molar-refractivity contribution in [2.24, 2.45) is 4.99 Å². The van der Waals surface area contributed by atoms with E-state index >= 15 is 0 Å². The van der Waals surface area contributed by atoms with Crippen molar-refractivity contribution in [1.82, 2.24) is 10.6 Å². The fourth-order valence-electron chi connectivity index (χ4n) is 1.46. The molecule has 6 heteroatoms. The molecule has 116 valence electrons. The SMILES string of the molecule is CCCCNC(=NCCCOC)NC(C)COC.I. The van der Waals surface area contributed by atoms with Gasteiger partial charge in [-0.1, -0.05) is 13.3 Å². The molecular formula is C13H30IN3O2. The predicted molar refractivity (Wildman–Crippen MR) is 91.6 cm³/mol. The lowest BCUT2D eigenvalue weighted by atomic mass is 10.3. The van der Waals surface area contributed by atoms with Gasteiger partial charge in [0.25, 0.3) is 0 Å². The number of unbranched alkanes of at least 4 members (excludes halogenated alkanes) is 1. The van der Waals surface area contributed by atoms with E-state index in [2.05, 4.69) is 29.5 Å². The quantitative estimate of drug-likeness (QED) is 0.261. The van der Waals surface area contributed by atoms with Crippen LogP contribution in [0.25, 0.3) is 0 Å². The van der Waals surface area contributed by atoms with E-state index in [9.17, 15) is 0 Å². The van der Waals surface area contributed by atoms with Crippen molar-refractivity contribution in [2.75, 3.05) is 40.5 Å². The topological polar surface area (TPSA) is 54.9 Å². The number of hydrogen-bond donors (Lipinski definition) is 2. The van der Waals surface area contributed by atoms with Gasteiger partial charge < -0.3 is 20.1 Å². The first-order chi connectivity index (χ1) is 8.74. The average Bonchev–Trinajstić information content (AvgIpc) is 2.35. The van der Waals surface area contributed by atoms with Crippen molar-refractivity contribution >= 4 is 29.9 Å². The zero-order chi connectivity index (χ0) is 13.6. The van der Waals surface area contributed by atoms with Gasteiger partial charge in [-0.15, -0.1) is 24.0 Å². The number of methoxy groups -OCH3 is 2. The Morgan fingerprint density at radius 3 is 2.53 bits per heavy atom. The Bertz CT molecular complexity index is 216. The normalized spacial score (nSPS) is 12.7. The maximum atomic E-state index is 5.11. The molecule has 0 aromatic carbocycles. The van der Waals surface area contributed by atoms with Gasteiger partial charge in [-0.25, -0.2) is 0 Å². The van der Waals surface area contributed by atoms with Gasteiger partial charge in [-0.2, -0.15) is 0 Å².